The van der Waals surface area contributed by atoms with Gasteiger partial charge in [0.25, 0.3) is 5.91 Å². The highest BCUT2D eigenvalue weighted by Crippen LogP contribution is 2.40. The molecular formula is C21H27ClN2O2. The van der Waals surface area contributed by atoms with Crippen molar-refractivity contribution in [1.29, 1.82) is 0 Å². The summed E-state index contributed by atoms with van der Waals surface area (Å²) in [5.41, 5.74) is 4.12. The van der Waals surface area contributed by atoms with E-state index in [1.807, 2.05) is 42.8 Å². The quantitative estimate of drug-likeness (QED) is 0.835. The zero-order valence-electron chi connectivity index (χ0n) is 16.0. The molecule has 4 nitrogen and oxygen atoms in total. The molecule has 5 heteroatoms. The number of halogens is 1. The van der Waals surface area contributed by atoms with Crippen molar-refractivity contribution in [2.45, 2.75) is 46.6 Å². The Kier molecular flexibility index (Phi) is 5.33. The van der Waals surface area contributed by atoms with Gasteiger partial charge in [0.1, 0.15) is 16.6 Å². The van der Waals surface area contributed by atoms with Crippen LogP contribution < -0.4 is 10.1 Å². The van der Waals surface area contributed by atoms with E-state index in [9.17, 15) is 4.79 Å². The fraction of sp³-hybridized carbons (Fsp3) is 0.476. The van der Waals surface area contributed by atoms with Gasteiger partial charge in [-0.2, -0.15) is 0 Å². The molecule has 140 valence electrons. The summed E-state index contributed by atoms with van der Waals surface area (Å²) in [5, 5.41) is 3.73. The number of ether oxygens (including phenoxy) is 1. The number of hydrogen-bond donors (Lipinski definition) is 1. The number of hydrogen-bond acceptors (Lipinski definition) is 2. The summed E-state index contributed by atoms with van der Waals surface area (Å²) >= 11 is 6.55. The number of rotatable bonds is 5. The number of benzene rings is 1. The summed E-state index contributed by atoms with van der Waals surface area (Å²) in [6.45, 7) is 7.49. The Morgan fingerprint density at radius 1 is 1.31 bits per heavy atom. The normalized spacial score (nSPS) is 15.4. The van der Waals surface area contributed by atoms with Crippen LogP contribution in [0.5, 0.6) is 5.75 Å². The first-order chi connectivity index (χ1) is 12.3. The van der Waals surface area contributed by atoms with Crippen LogP contribution in [0.25, 0.3) is 0 Å². The molecule has 1 amide bonds. The molecule has 0 radical (unpaired) electrons. The molecule has 1 aliphatic carbocycles. The third kappa shape index (κ3) is 3.61. The van der Waals surface area contributed by atoms with Crippen LogP contribution in [0.1, 0.15) is 54.4 Å². The fourth-order valence-electron chi connectivity index (χ4n) is 3.74. The number of aromatic nitrogens is 1. The largest absolute Gasteiger partial charge is 0.494 e. The predicted octanol–water partition coefficient (Wildman–Crippen LogP) is 4.52. The summed E-state index contributed by atoms with van der Waals surface area (Å²) < 4.78 is 7.47. The van der Waals surface area contributed by atoms with Gasteiger partial charge in [-0.05, 0) is 48.8 Å². The van der Waals surface area contributed by atoms with E-state index in [1.54, 1.807) is 0 Å². The Bertz CT molecular complexity index is 824. The maximum atomic E-state index is 12.9. The number of carbonyl (C=O) groups is 1. The smallest absolute Gasteiger partial charge is 0.268 e. The second-order valence-electron chi connectivity index (χ2n) is 7.72. The van der Waals surface area contributed by atoms with Crippen molar-refractivity contribution in [2.24, 2.45) is 12.5 Å². The monoisotopic (exact) mass is 374 g/mol. The first kappa shape index (κ1) is 18.8. The molecule has 0 aliphatic heterocycles. The van der Waals surface area contributed by atoms with E-state index in [-0.39, 0.29) is 11.3 Å². The first-order valence-electron chi connectivity index (χ1n) is 9.19. The van der Waals surface area contributed by atoms with Gasteiger partial charge >= 0.3 is 0 Å². The van der Waals surface area contributed by atoms with E-state index in [1.165, 1.54) is 0 Å². The molecule has 0 saturated carbocycles. The Hall–Kier alpha value is -1.94. The van der Waals surface area contributed by atoms with Crippen LogP contribution in [0.3, 0.4) is 0 Å². The van der Waals surface area contributed by atoms with Gasteiger partial charge in [-0.1, -0.05) is 43.6 Å². The Labute approximate surface area is 160 Å². The lowest BCUT2D eigenvalue weighted by Gasteiger charge is -2.29. The van der Waals surface area contributed by atoms with Crippen LogP contribution in [0.4, 0.5) is 0 Å². The van der Waals surface area contributed by atoms with Crippen LogP contribution in [0.15, 0.2) is 24.3 Å². The number of para-hydroxylation sites is 1. The zero-order chi connectivity index (χ0) is 18.9. The molecule has 0 saturated heterocycles. The standard InChI is InChI=1S/C21H27ClN2O2/c1-5-26-17-9-7-6-8-14(17)13-23-20(25)18-15-10-11-21(2,3)12-16(15)19(22)24(18)4/h6-9H,5,10-13H2,1-4H3,(H,23,25). The molecule has 1 aliphatic rings. The maximum Gasteiger partial charge on any atom is 0.268 e. The van der Waals surface area contributed by atoms with Crippen molar-refractivity contribution < 1.29 is 9.53 Å². The molecule has 1 aromatic heterocycles. The molecule has 26 heavy (non-hydrogen) atoms. The SMILES string of the molecule is CCOc1ccccc1CNC(=O)c1c2c(c(Cl)n1C)CC(C)(C)CC2. The van der Waals surface area contributed by atoms with Gasteiger partial charge < -0.3 is 14.6 Å². The van der Waals surface area contributed by atoms with Gasteiger partial charge in [-0.3, -0.25) is 4.79 Å². The number of nitrogens with one attached hydrogen (secondary N) is 1. The molecule has 3 rings (SSSR count). The van der Waals surface area contributed by atoms with E-state index >= 15 is 0 Å². The second-order valence-corrected chi connectivity index (χ2v) is 8.08. The van der Waals surface area contributed by atoms with Gasteiger partial charge in [0, 0.05) is 19.2 Å². The number of carbonyl (C=O) groups excluding carboxylic acids is 1. The van der Waals surface area contributed by atoms with E-state index in [4.69, 9.17) is 16.3 Å². The van der Waals surface area contributed by atoms with Crippen molar-refractivity contribution >= 4 is 17.5 Å². The second kappa shape index (κ2) is 7.36. The highest BCUT2D eigenvalue weighted by atomic mass is 35.5. The summed E-state index contributed by atoms with van der Waals surface area (Å²) in [6, 6.07) is 7.79. The van der Waals surface area contributed by atoms with E-state index < -0.39 is 0 Å². The average molecular weight is 375 g/mol. The minimum atomic E-state index is -0.0818. The van der Waals surface area contributed by atoms with E-state index in [0.29, 0.717) is 24.0 Å². The lowest BCUT2D eigenvalue weighted by atomic mass is 9.75. The lowest BCUT2D eigenvalue weighted by molar-refractivity contribution is 0.0941. The molecule has 1 N–H and O–H groups in total. The Morgan fingerprint density at radius 2 is 2.04 bits per heavy atom. The van der Waals surface area contributed by atoms with Gasteiger partial charge in [-0.15, -0.1) is 0 Å². The van der Waals surface area contributed by atoms with Crippen LogP contribution in [0.2, 0.25) is 5.15 Å². The molecule has 0 unspecified atom stereocenters. The van der Waals surface area contributed by atoms with Gasteiger partial charge in [0.15, 0.2) is 0 Å². The zero-order valence-corrected chi connectivity index (χ0v) is 16.7. The highest BCUT2D eigenvalue weighted by molar-refractivity contribution is 6.31. The highest BCUT2D eigenvalue weighted by Gasteiger charge is 2.33. The van der Waals surface area contributed by atoms with Gasteiger partial charge in [0.05, 0.1) is 6.61 Å². The fourth-order valence-corrected chi connectivity index (χ4v) is 4.01. The third-order valence-corrected chi connectivity index (χ3v) is 5.64. The summed E-state index contributed by atoms with van der Waals surface area (Å²) in [4.78, 5) is 12.9. The molecule has 2 aromatic rings. The Morgan fingerprint density at radius 3 is 2.77 bits per heavy atom. The molecule has 0 bridgehead atoms. The predicted molar refractivity (Wildman–Crippen MR) is 105 cm³/mol. The molecule has 0 fully saturated rings. The van der Waals surface area contributed by atoms with Crippen LogP contribution >= 0.6 is 11.6 Å². The van der Waals surface area contributed by atoms with Crippen molar-refractivity contribution in [3.05, 3.63) is 51.8 Å². The summed E-state index contributed by atoms with van der Waals surface area (Å²) in [6.07, 6.45) is 2.87. The molecular weight excluding hydrogens is 348 g/mol. The van der Waals surface area contributed by atoms with Crippen molar-refractivity contribution in [1.82, 2.24) is 9.88 Å². The van der Waals surface area contributed by atoms with Crippen LogP contribution in [0, 0.1) is 5.41 Å². The van der Waals surface area contributed by atoms with Crippen molar-refractivity contribution in [2.75, 3.05) is 6.61 Å². The first-order valence-corrected chi connectivity index (χ1v) is 9.56. The number of nitrogens with zero attached hydrogens (tertiary/aromatic N) is 1. The van der Waals surface area contributed by atoms with Crippen molar-refractivity contribution in [3.8, 4) is 5.75 Å². The summed E-state index contributed by atoms with van der Waals surface area (Å²) in [7, 11) is 1.87. The molecule has 0 spiro atoms. The van der Waals surface area contributed by atoms with Gasteiger partial charge in [0.2, 0.25) is 0 Å². The molecule has 0 atom stereocenters. The lowest BCUT2D eigenvalue weighted by Crippen LogP contribution is -2.28. The van der Waals surface area contributed by atoms with E-state index in [2.05, 4.69) is 19.2 Å². The molecule has 1 heterocycles. The molecule has 1 aromatic carbocycles. The Balaban J connectivity index is 1.82. The topological polar surface area (TPSA) is 43.3 Å². The minimum absolute atomic E-state index is 0.0818. The number of fused-ring (bicyclic) bond motifs is 1. The van der Waals surface area contributed by atoms with Crippen LogP contribution in [-0.2, 0) is 26.4 Å². The van der Waals surface area contributed by atoms with Crippen molar-refractivity contribution in [3.63, 3.8) is 0 Å². The minimum Gasteiger partial charge on any atom is -0.494 e. The maximum absolute atomic E-state index is 12.9. The third-order valence-electron chi connectivity index (χ3n) is 5.16. The summed E-state index contributed by atoms with van der Waals surface area (Å²) in [5.74, 6) is 0.727. The average Bonchev–Trinajstić information content (AvgIpc) is 2.84. The van der Waals surface area contributed by atoms with Gasteiger partial charge in [-0.25, -0.2) is 0 Å². The number of amides is 1. The van der Waals surface area contributed by atoms with Crippen LogP contribution in [-0.4, -0.2) is 17.1 Å². The van der Waals surface area contributed by atoms with E-state index in [0.717, 1.165) is 41.7 Å².